The molecule has 0 saturated heterocycles. The Balaban J connectivity index is 0.000000160. The van der Waals surface area contributed by atoms with Gasteiger partial charge in [0.05, 0.1) is 32.2 Å². The van der Waals surface area contributed by atoms with E-state index in [-0.39, 0.29) is 48.1 Å². The smallest absolute Gasteiger partial charge is 0.744 e. The van der Waals surface area contributed by atoms with Crippen LogP contribution in [-0.4, -0.2) is 66.7 Å². The molecule has 0 fully saturated rings. The Labute approximate surface area is 241 Å². The number of nitrogens with one attached hydrogen (secondary N) is 2. The van der Waals surface area contributed by atoms with Gasteiger partial charge in [-0.15, -0.1) is 10.2 Å². The first-order chi connectivity index (χ1) is 18.1. The van der Waals surface area contributed by atoms with Crippen molar-refractivity contribution in [3.8, 4) is 11.4 Å². The zero-order valence-electron chi connectivity index (χ0n) is 19.7. The van der Waals surface area contributed by atoms with Crippen molar-refractivity contribution in [2.45, 2.75) is 9.79 Å². The molecule has 2 aromatic carbocycles. The van der Waals surface area contributed by atoms with Crippen LogP contribution in [0.1, 0.15) is 0 Å². The number of pyridine rings is 2. The van der Waals surface area contributed by atoms with Crippen LogP contribution in [0.5, 0.6) is 0 Å². The number of hydrogen-bond donors (Lipinski definition) is 2. The van der Waals surface area contributed by atoms with Gasteiger partial charge in [0.1, 0.15) is 31.3 Å². The van der Waals surface area contributed by atoms with E-state index < -0.39 is 20.2 Å². The van der Waals surface area contributed by atoms with E-state index >= 15 is 0 Å². The van der Waals surface area contributed by atoms with Gasteiger partial charge in [-0.2, -0.15) is 0 Å². The number of aromatic nitrogens is 8. The molecule has 6 rings (SSSR count). The molecule has 39 heavy (non-hydrogen) atoms. The molecule has 0 unspecified atom stereocenters. The molecule has 0 spiro atoms. The molecule has 4 aromatic heterocycles. The maximum atomic E-state index is 10.7. The van der Waals surface area contributed by atoms with Crippen LogP contribution in [0.25, 0.3) is 33.5 Å². The first-order valence-electron chi connectivity index (χ1n) is 10.5. The molecule has 17 heteroatoms. The third kappa shape index (κ3) is 7.66. The second-order valence-electron chi connectivity index (χ2n) is 7.27. The largest absolute Gasteiger partial charge is 2.00 e. The van der Waals surface area contributed by atoms with Gasteiger partial charge in [-0.3, -0.25) is 20.2 Å². The number of fused-ring (bicyclic) bond motifs is 2. The summed E-state index contributed by atoms with van der Waals surface area (Å²) >= 11 is 0. The zero-order valence-corrected chi connectivity index (χ0v) is 25.4. The average Bonchev–Trinajstić information content (AvgIpc) is 3.59. The van der Waals surface area contributed by atoms with E-state index in [4.69, 9.17) is 0 Å². The minimum absolute atomic E-state index is 0. The Bertz CT molecular complexity index is 1740. The summed E-state index contributed by atoms with van der Waals surface area (Å²) in [5.41, 5.74) is 2.85. The number of benzene rings is 2. The molecule has 0 radical (unpaired) electrons. The van der Waals surface area contributed by atoms with Gasteiger partial charge in [0.15, 0.2) is 0 Å². The van der Waals surface area contributed by atoms with E-state index in [1.165, 1.54) is 24.3 Å². The summed E-state index contributed by atoms with van der Waals surface area (Å²) in [6, 6.07) is 20.1. The van der Waals surface area contributed by atoms with Gasteiger partial charge in [0.2, 0.25) is 0 Å². The second kappa shape index (κ2) is 12.9. The second-order valence-corrected chi connectivity index (χ2v) is 9.96. The number of nitrogens with zero attached hydrogens (tertiary/aromatic N) is 6. The van der Waals surface area contributed by atoms with Crippen LogP contribution in [-0.2, 0) is 47.5 Å². The minimum Gasteiger partial charge on any atom is -0.744 e. The van der Waals surface area contributed by atoms with Crippen LogP contribution in [0, 0.1) is 0 Å². The molecular weight excluding hydrogens is 649 g/mol. The fourth-order valence-electron chi connectivity index (χ4n) is 3.12. The summed E-state index contributed by atoms with van der Waals surface area (Å²) in [5.74, 6) is 0. The van der Waals surface area contributed by atoms with Crippen LogP contribution < -0.4 is 0 Å². The molecule has 0 bridgehead atoms. The summed E-state index contributed by atoms with van der Waals surface area (Å²) in [7, 11) is -8.94. The van der Waals surface area contributed by atoms with E-state index in [9.17, 15) is 25.9 Å². The molecule has 0 aliphatic heterocycles. The zero-order chi connectivity index (χ0) is 27.2. The van der Waals surface area contributed by atoms with Gasteiger partial charge < -0.3 is 9.11 Å². The molecule has 6 aromatic rings. The van der Waals surface area contributed by atoms with Crippen LogP contribution in [0.2, 0.25) is 0 Å². The molecule has 0 atom stereocenters. The van der Waals surface area contributed by atoms with Crippen molar-refractivity contribution in [3.63, 3.8) is 0 Å². The number of hydrogen-bond acceptors (Lipinski definition) is 12. The molecule has 2 N–H and O–H groups in total. The van der Waals surface area contributed by atoms with Gasteiger partial charge >= 0.3 is 27.3 Å². The van der Waals surface area contributed by atoms with Crippen molar-refractivity contribution in [2.24, 2.45) is 0 Å². The summed E-state index contributed by atoms with van der Waals surface area (Å²) in [5, 5.41) is 18.7. The van der Waals surface area contributed by atoms with Crippen molar-refractivity contribution in [3.05, 3.63) is 85.2 Å². The third-order valence-electron chi connectivity index (χ3n) is 4.77. The van der Waals surface area contributed by atoms with Crippen molar-refractivity contribution in [2.75, 3.05) is 0 Å². The van der Waals surface area contributed by atoms with E-state index in [1.54, 1.807) is 24.5 Å². The topological polar surface area (TPSA) is 223 Å². The first kappa shape index (κ1) is 29.8. The maximum Gasteiger partial charge on any atom is 2.00 e. The summed E-state index contributed by atoms with van der Waals surface area (Å²) in [6.45, 7) is 0. The number of rotatable bonds is 3. The Kier molecular flexibility index (Phi) is 9.86. The van der Waals surface area contributed by atoms with Gasteiger partial charge in [-0.05, 0) is 48.5 Å². The van der Waals surface area contributed by atoms with Gasteiger partial charge in [-0.1, -0.05) is 34.7 Å². The van der Waals surface area contributed by atoms with Gasteiger partial charge in [0.25, 0.3) is 0 Å². The first-order valence-corrected chi connectivity index (χ1v) is 13.3. The van der Waals surface area contributed by atoms with E-state index in [0.29, 0.717) is 11.0 Å². The van der Waals surface area contributed by atoms with Gasteiger partial charge in [0, 0.05) is 12.4 Å². The molecular formula is C22H16CdN8O6S2. The average molecular weight is 665 g/mol. The molecule has 0 saturated carbocycles. The Morgan fingerprint density at radius 1 is 0.564 bits per heavy atom. The molecule has 0 aliphatic carbocycles. The SMILES string of the molecule is O=S(=O)([O-])c1cccc2[nH]nnc12.O=S(=O)([O-])c1cccc2[nH]nnc12.[Cd+2].c1ccc(-c2ccccn2)nc1. The predicted octanol–water partition coefficient (Wildman–Crippen LogP) is 1.87. The molecule has 4 heterocycles. The van der Waals surface area contributed by atoms with E-state index in [2.05, 4.69) is 40.8 Å². The van der Waals surface area contributed by atoms with Crippen molar-refractivity contribution < 1.29 is 53.2 Å². The quantitative estimate of drug-likeness (QED) is 0.204. The van der Waals surface area contributed by atoms with E-state index in [1.807, 2.05) is 36.4 Å². The number of H-pyrrole nitrogens is 2. The summed E-state index contributed by atoms with van der Waals surface area (Å²) in [6.07, 6.45) is 3.54. The maximum absolute atomic E-state index is 10.7. The molecule has 194 valence electrons. The number of aromatic amines is 2. The third-order valence-corrected chi connectivity index (χ3v) is 6.51. The molecule has 0 aliphatic rings. The molecule has 14 nitrogen and oxygen atoms in total. The molecule has 0 amide bonds. The van der Waals surface area contributed by atoms with Crippen LogP contribution >= 0.6 is 0 Å². The fourth-order valence-corrected chi connectivity index (χ4v) is 4.39. The minimum atomic E-state index is -4.47. The Morgan fingerprint density at radius 3 is 1.31 bits per heavy atom. The predicted molar refractivity (Wildman–Crippen MR) is 131 cm³/mol. The Hall–Kier alpha value is -3.72. The van der Waals surface area contributed by atoms with Crippen molar-refractivity contribution >= 4 is 42.3 Å². The van der Waals surface area contributed by atoms with Crippen molar-refractivity contribution in [1.29, 1.82) is 0 Å². The monoisotopic (exact) mass is 666 g/mol. The standard InChI is InChI=1S/C10H8N2.2C6H5N3O3S.Cd/c1-3-7-11-9(5-1)10-6-2-4-8-12-10;2*10-13(11,12)5-3-1-2-4-6(5)8-9-7-4;/h1-8H;2*1-3H,(H,7,8,9)(H,10,11,12);/q;;;+2/p-2. The summed E-state index contributed by atoms with van der Waals surface area (Å²) in [4.78, 5) is 7.68. The Morgan fingerprint density at radius 2 is 0.974 bits per heavy atom. The van der Waals surface area contributed by atoms with E-state index in [0.717, 1.165) is 11.4 Å². The van der Waals surface area contributed by atoms with Crippen LogP contribution in [0.3, 0.4) is 0 Å². The van der Waals surface area contributed by atoms with Crippen molar-refractivity contribution in [1.82, 2.24) is 40.8 Å². The fraction of sp³-hybridized carbons (Fsp3) is 0. The summed E-state index contributed by atoms with van der Waals surface area (Å²) < 4.78 is 64.2. The van der Waals surface area contributed by atoms with Gasteiger partial charge in [-0.25, -0.2) is 16.8 Å². The normalized spacial score (nSPS) is 11.0. The van der Waals surface area contributed by atoms with Crippen LogP contribution in [0.15, 0.2) is 95.0 Å². The van der Waals surface area contributed by atoms with Crippen LogP contribution in [0.4, 0.5) is 0 Å².